The Morgan fingerprint density at radius 3 is 2.59 bits per heavy atom. The van der Waals surface area contributed by atoms with Crippen molar-refractivity contribution >= 4 is 16.8 Å². The molecule has 0 fully saturated rings. The van der Waals surface area contributed by atoms with E-state index in [4.69, 9.17) is 9.47 Å². The Morgan fingerprint density at radius 2 is 1.78 bits per heavy atom. The van der Waals surface area contributed by atoms with Gasteiger partial charge in [0.05, 0.1) is 13.2 Å². The second-order valence-electron chi connectivity index (χ2n) is 6.20. The van der Waals surface area contributed by atoms with Crippen LogP contribution in [0.3, 0.4) is 0 Å². The number of hydrogen-bond donors (Lipinski definition) is 1. The molecule has 27 heavy (non-hydrogen) atoms. The van der Waals surface area contributed by atoms with Crippen molar-refractivity contribution in [2.45, 2.75) is 26.8 Å². The molecule has 0 aliphatic rings. The summed E-state index contributed by atoms with van der Waals surface area (Å²) in [6.45, 7) is 6.39. The zero-order chi connectivity index (χ0) is 19.1. The predicted octanol–water partition coefficient (Wildman–Crippen LogP) is 4.26. The molecule has 0 atom stereocenters. The van der Waals surface area contributed by atoms with Gasteiger partial charge in [-0.25, -0.2) is 0 Å². The highest BCUT2D eigenvalue weighted by Crippen LogP contribution is 2.28. The van der Waals surface area contributed by atoms with E-state index in [9.17, 15) is 4.79 Å². The third-order valence-electron chi connectivity index (χ3n) is 4.35. The number of nitrogens with one attached hydrogen (secondary N) is 1. The first kappa shape index (κ1) is 18.8. The van der Waals surface area contributed by atoms with Gasteiger partial charge in [-0.05, 0) is 56.0 Å². The van der Waals surface area contributed by atoms with Crippen LogP contribution in [0.4, 0.5) is 0 Å². The second kappa shape index (κ2) is 9.12. The van der Waals surface area contributed by atoms with Crippen molar-refractivity contribution in [2.24, 2.45) is 0 Å². The Balaban J connectivity index is 1.55. The first-order valence-electron chi connectivity index (χ1n) is 9.44. The van der Waals surface area contributed by atoms with Gasteiger partial charge in [-0.2, -0.15) is 0 Å². The van der Waals surface area contributed by atoms with Crippen LogP contribution >= 0.6 is 0 Å². The lowest BCUT2D eigenvalue weighted by atomic mass is 10.2. The summed E-state index contributed by atoms with van der Waals surface area (Å²) in [5.74, 6) is 1.16. The Labute approximate surface area is 159 Å². The van der Waals surface area contributed by atoms with Crippen LogP contribution in [0.5, 0.6) is 11.5 Å². The van der Waals surface area contributed by atoms with Gasteiger partial charge in [-0.15, -0.1) is 0 Å². The summed E-state index contributed by atoms with van der Waals surface area (Å²) in [5.41, 5.74) is 1.80. The van der Waals surface area contributed by atoms with Gasteiger partial charge < -0.3 is 19.4 Å². The molecule has 5 nitrogen and oxygen atoms in total. The van der Waals surface area contributed by atoms with Crippen molar-refractivity contribution < 1.29 is 14.3 Å². The molecule has 1 amide bonds. The molecule has 142 valence electrons. The van der Waals surface area contributed by atoms with Gasteiger partial charge in [0.25, 0.3) is 5.91 Å². The number of amides is 1. The number of ether oxygens (including phenoxy) is 2. The second-order valence-corrected chi connectivity index (χ2v) is 6.20. The van der Waals surface area contributed by atoms with Crippen molar-refractivity contribution in [2.75, 3.05) is 19.8 Å². The smallest absolute Gasteiger partial charge is 0.251 e. The standard InChI is InChI=1S/C22H26N2O3/c1-3-26-20-11-10-18(16-21(20)27-4-2)22(25)23-13-7-14-24-15-12-17-8-5-6-9-19(17)24/h5-6,8-12,15-16H,3-4,7,13-14H2,1-2H3,(H,23,25). The van der Waals surface area contributed by atoms with Crippen molar-refractivity contribution in [3.63, 3.8) is 0 Å². The van der Waals surface area contributed by atoms with Gasteiger partial charge in [0.15, 0.2) is 11.5 Å². The van der Waals surface area contributed by atoms with Gasteiger partial charge in [-0.3, -0.25) is 4.79 Å². The van der Waals surface area contributed by atoms with Crippen LogP contribution < -0.4 is 14.8 Å². The molecule has 0 spiro atoms. The Morgan fingerprint density at radius 1 is 1.00 bits per heavy atom. The molecule has 0 aliphatic heterocycles. The molecule has 0 aliphatic carbocycles. The molecule has 3 aromatic rings. The summed E-state index contributed by atoms with van der Waals surface area (Å²) >= 11 is 0. The van der Waals surface area contributed by atoms with Crippen molar-refractivity contribution in [3.8, 4) is 11.5 Å². The van der Waals surface area contributed by atoms with Crippen LogP contribution in [-0.2, 0) is 6.54 Å². The monoisotopic (exact) mass is 366 g/mol. The lowest BCUT2D eigenvalue weighted by Gasteiger charge is -2.12. The topological polar surface area (TPSA) is 52.5 Å². The number of carbonyl (C=O) groups excluding carboxylic acids is 1. The fourth-order valence-corrected chi connectivity index (χ4v) is 3.08. The van der Waals surface area contributed by atoms with E-state index in [1.54, 1.807) is 18.2 Å². The highest BCUT2D eigenvalue weighted by atomic mass is 16.5. The molecule has 0 radical (unpaired) electrons. The van der Waals surface area contributed by atoms with E-state index >= 15 is 0 Å². The summed E-state index contributed by atoms with van der Waals surface area (Å²) in [6, 6.07) is 15.7. The summed E-state index contributed by atoms with van der Waals surface area (Å²) in [7, 11) is 0. The number of benzene rings is 2. The summed E-state index contributed by atoms with van der Waals surface area (Å²) < 4.78 is 13.3. The van der Waals surface area contributed by atoms with Gasteiger partial charge in [0.1, 0.15) is 0 Å². The van der Waals surface area contributed by atoms with Crippen LogP contribution in [0.1, 0.15) is 30.6 Å². The lowest BCUT2D eigenvalue weighted by Crippen LogP contribution is -2.25. The number of carbonyl (C=O) groups is 1. The van der Waals surface area contributed by atoms with Crippen LogP contribution in [0.25, 0.3) is 10.9 Å². The Bertz CT molecular complexity index is 901. The molecule has 5 heteroatoms. The van der Waals surface area contributed by atoms with Crippen molar-refractivity contribution in [1.29, 1.82) is 0 Å². The molecule has 1 heterocycles. The van der Waals surface area contributed by atoms with Crippen LogP contribution in [0.15, 0.2) is 54.7 Å². The number of para-hydroxylation sites is 1. The van der Waals surface area contributed by atoms with Gasteiger partial charge in [-0.1, -0.05) is 18.2 Å². The molecule has 2 aromatic carbocycles. The molecular formula is C22H26N2O3. The number of rotatable bonds is 9. The summed E-state index contributed by atoms with van der Waals surface area (Å²) in [4.78, 5) is 12.4. The SMILES string of the molecule is CCOc1ccc(C(=O)NCCCn2ccc3ccccc32)cc1OCC. The number of hydrogen-bond acceptors (Lipinski definition) is 3. The maximum atomic E-state index is 12.4. The first-order valence-corrected chi connectivity index (χ1v) is 9.44. The Hall–Kier alpha value is -2.95. The van der Waals surface area contributed by atoms with E-state index in [0.717, 1.165) is 13.0 Å². The lowest BCUT2D eigenvalue weighted by molar-refractivity contribution is 0.0952. The van der Waals surface area contributed by atoms with Crippen molar-refractivity contribution in [1.82, 2.24) is 9.88 Å². The molecule has 0 unspecified atom stereocenters. The molecule has 0 saturated heterocycles. The van der Waals surface area contributed by atoms with E-state index in [1.165, 1.54) is 10.9 Å². The zero-order valence-corrected chi connectivity index (χ0v) is 15.9. The largest absolute Gasteiger partial charge is 0.490 e. The number of aromatic nitrogens is 1. The summed E-state index contributed by atoms with van der Waals surface area (Å²) in [6.07, 6.45) is 2.95. The van der Waals surface area contributed by atoms with E-state index in [0.29, 0.717) is 36.8 Å². The zero-order valence-electron chi connectivity index (χ0n) is 15.9. The summed E-state index contributed by atoms with van der Waals surface area (Å²) in [5, 5.41) is 4.22. The Kier molecular flexibility index (Phi) is 6.36. The fraction of sp³-hybridized carbons (Fsp3) is 0.318. The highest BCUT2D eigenvalue weighted by Gasteiger charge is 2.11. The third kappa shape index (κ3) is 4.61. The molecule has 1 aromatic heterocycles. The van der Waals surface area contributed by atoms with Gasteiger partial charge >= 0.3 is 0 Å². The predicted molar refractivity (Wildman–Crippen MR) is 108 cm³/mol. The molecule has 0 saturated carbocycles. The van der Waals surface area contributed by atoms with Gasteiger partial charge in [0, 0.05) is 30.4 Å². The van der Waals surface area contributed by atoms with Crippen LogP contribution in [0.2, 0.25) is 0 Å². The van der Waals surface area contributed by atoms with E-state index in [2.05, 4.69) is 34.3 Å². The quantitative estimate of drug-likeness (QED) is 0.576. The number of aryl methyl sites for hydroxylation is 1. The minimum atomic E-state index is -0.101. The third-order valence-corrected chi connectivity index (χ3v) is 4.35. The number of fused-ring (bicyclic) bond motifs is 1. The minimum Gasteiger partial charge on any atom is -0.490 e. The minimum absolute atomic E-state index is 0.101. The molecule has 3 rings (SSSR count). The van der Waals surface area contributed by atoms with E-state index < -0.39 is 0 Å². The first-order chi connectivity index (χ1) is 13.2. The van der Waals surface area contributed by atoms with Crippen molar-refractivity contribution in [3.05, 3.63) is 60.3 Å². The highest BCUT2D eigenvalue weighted by molar-refractivity contribution is 5.94. The molecule has 0 bridgehead atoms. The normalized spacial score (nSPS) is 10.7. The maximum Gasteiger partial charge on any atom is 0.251 e. The molecule has 1 N–H and O–H groups in total. The average molecular weight is 366 g/mol. The average Bonchev–Trinajstić information content (AvgIpc) is 3.10. The van der Waals surface area contributed by atoms with E-state index in [1.807, 2.05) is 26.0 Å². The maximum absolute atomic E-state index is 12.4. The molecular weight excluding hydrogens is 340 g/mol. The van der Waals surface area contributed by atoms with Crippen LogP contribution in [0, 0.1) is 0 Å². The van der Waals surface area contributed by atoms with Gasteiger partial charge in [0.2, 0.25) is 0 Å². The fourth-order valence-electron chi connectivity index (χ4n) is 3.08. The number of nitrogens with zero attached hydrogens (tertiary/aromatic N) is 1. The van der Waals surface area contributed by atoms with Crippen LogP contribution in [-0.4, -0.2) is 30.2 Å². The van der Waals surface area contributed by atoms with E-state index in [-0.39, 0.29) is 5.91 Å².